The second-order valence-electron chi connectivity index (χ2n) is 5.95. The number of rotatable bonds is 5. The maximum absolute atomic E-state index is 11.8. The molecule has 1 fully saturated rings. The fraction of sp³-hybridized carbons (Fsp3) is 0.444. The minimum atomic E-state index is -0.800. The fourth-order valence-corrected chi connectivity index (χ4v) is 2.26. The molecule has 1 aliphatic carbocycles. The van der Waals surface area contributed by atoms with E-state index in [4.69, 9.17) is 14.2 Å². The Balaban J connectivity index is 1.55. The predicted octanol–water partition coefficient (Wildman–Crippen LogP) is 2.07. The van der Waals surface area contributed by atoms with Crippen LogP contribution < -0.4 is 14.8 Å². The van der Waals surface area contributed by atoms with Gasteiger partial charge in [0, 0.05) is 18.5 Å². The van der Waals surface area contributed by atoms with Crippen LogP contribution in [0.3, 0.4) is 0 Å². The molecule has 1 heterocycles. The molecule has 3 rings (SSSR count). The first kappa shape index (κ1) is 16.4. The summed E-state index contributed by atoms with van der Waals surface area (Å²) in [7, 11) is 0. The van der Waals surface area contributed by atoms with Gasteiger partial charge in [0.2, 0.25) is 0 Å². The van der Waals surface area contributed by atoms with Crippen molar-refractivity contribution in [3.63, 3.8) is 0 Å². The average molecular weight is 331 g/mol. The predicted molar refractivity (Wildman–Crippen MR) is 87.8 cm³/mol. The van der Waals surface area contributed by atoms with Gasteiger partial charge in [0.15, 0.2) is 17.6 Å². The number of carbonyl (C=O) groups excluding carboxylic acids is 2. The first-order valence-corrected chi connectivity index (χ1v) is 8.20. The van der Waals surface area contributed by atoms with Crippen molar-refractivity contribution in [3.8, 4) is 11.5 Å². The Hall–Kier alpha value is -2.50. The average Bonchev–Trinajstić information content (AvgIpc) is 3.39. The minimum absolute atomic E-state index is 0.246. The summed E-state index contributed by atoms with van der Waals surface area (Å²) in [6.45, 7) is 2.81. The maximum atomic E-state index is 11.8. The zero-order valence-corrected chi connectivity index (χ0v) is 13.6. The van der Waals surface area contributed by atoms with Crippen LogP contribution >= 0.6 is 0 Å². The number of ether oxygens (including phenoxy) is 3. The number of hydrogen-bond donors (Lipinski definition) is 1. The summed E-state index contributed by atoms with van der Waals surface area (Å²) in [6, 6.07) is 5.71. The quantitative estimate of drug-likeness (QED) is 0.660. The van der Waals surface area contributed by atoms with Crippen molar-refractivity contribution in [2.24, 2.45) is 0 Å². The summed E-state index contributed by atoms with van der Waals surface area (Å²) in [5.41, 5.74) is 0.797. The van der Waals surface area contributed by atoms with E-state index in [9.17, 15) is 9.59 Å². The molecular weight excluding hydrogens is 310 g/mol. The Morgan fingerprint density at radius 3 is 2.75 bits per heavy atom. The Kier molecular flexibility index (Phi) is 5.03. The van der Waals surface area contributed by atoms with Gasteiger partial charge in [0.25, 0.3) is 5.91 Å². The first-order valence-electron chi connectivity index (χ1n) is 8.20. The van der Waals surface area contributed by atoms with Crippen molar-refractivity contribution < 1.29 is 23.8 Å². The normalized spacial score (nSPS) is 17.9. The van der Waals surface area contributed by atoms with E-state index in [0.29, 0.717) is 24.7 Å². The Bertz CT molecular complexity index is 651. The third-order valence-electron chi connectivity index (χ3n) is 3.77. The number of fused-ring (bicyclic) bond motifs is 1. The summed E-state index contributed by atoms with van der Waals surface area (Å²) in [5, 5.41) is 2.80. The van der Waals surface area contributed by atoms with Crippen molar-refractivity contribution in [2.75, 3.05) is 13.2 Å². The molecule has 0 saturated heterocycles. The van der Waals surface area contributed by atoms with Crippen molar-refractivity contribution in [2.45, 2.75) is 38.3 Å². The van der Waals surface area contributed by atoms with Crippen molar-refractivity contribution in [1.29, 1.82) is 0 Å². The second-order valence-corrected chi connectivity index (χ2v) is 5.95. The van der Waals surface area contributed by atoms with Gasteiger partial charge in [-0.2, -0.15) is 0 Å². The van der Waals surface area contributed by atoms with E-state index in [-0.39, 0.29) is 11.9 Å². The summed E-state index contributed by atoms with van der Waals surface area (Å²) in [6.07, 6.45) is 4.97. The molecule has 1 aromatic rings. The third-order valence-corrected chi connectivity index (χ3v) is 3.77. The van der Waals surface area contributed by atoms with E-state index < -0.39 is 12.1 Å². The molecule has 6 nitrogen and oxygen atoms in total. The Morgan fingerprint density at radius 2 is 2.00 bits per heavy atom. The van der Waals surface area contributed by atoms with Crippen LogP contribution in [0.4, 0.5) is 0 Å². The second kappa shape index (κ2) is 7.38. The fourth-order valence-electron chi connectivity index (χ4n) is 2.26. The lowest BCUT2D eigenvalue weighted by Crippen LogP contribution is -2.36. The van der Waals surface area contributed by atoms with Crippen LogP contribution in [-0.2, 0) is 14.3 Å². The van der Waals surface area contributed by atoms with Gasteiger partial charge < -0.3 is 19.5 Å². The topological polar surface area (TPSA) is 73.9 Å². The van der Waals surface area contributed by atoms with Crippen LogP contribution in [0.25, 0.3) is 6.08 Å². The SMILES string of the molecule is C[C@@H](OC(=O)/C=C/c1ccc2c(c1)OCCCO2)C(=O)NC1CC1. The molecule has 1 saturated carbocycles. The zero-order chi connectivity index (χ0) is 16.9. The molecule has 2 aliphatic rings. The van der Waals surface area contributed by atoms with Gasteiger partial charge in [-0.3, -0.25) is 4.79 Å². The van der Waals surface area contributed by atoms with Gasteiger partial charge in [0.1, 0.15) is 0 Å². The van der Waals surface area contributed by atoms with E-state index in [1.807, 2.05) is 18.2 Å². The molecule has 1 atom stereocenters. The standard InChI is InChI=1S/C18H21NO5/c1-12(18(21)19-14-5-6-14)24-17(20)8-4-13-3-7-15-16(11-13)23-10-2-9-22-15/h3-4,7-8,11-12,14H,2,5-6,9-10H2,1H3,(H,19,21)/b8-4+/t12-/m1/s1. The molecule has 1 N–H and O–H groups in total. The first-order chi connectivity index (χ1) is 11.6. The molecule has 128 valence electrons. The van der Waals surface area contributed by atoms with Crippen molar-refractivity contribution >= 4 is 18.0 Å². The van der Waals surface area contributed by atoms with Crippen LogP contribution in [0.1, 0.15) is 31.7 Å². The van der Waals surface area contributed by atoms with Crippen LogP contribution in [0.5, 0.6) is 11.5 Å². The summed E-state index contributed by atoms with van der Waals surface area (Å²) >= 11 is 0. The van der Waals surface area contributed by atoms with Crippen LogP contribution in [0.2, 0.25) is 0 Å². The van der Waals surface area contributed by atoms with Crippen LogP contribution in [-0.4, -0.2) is 37.2 Å². The van der Waals surface area contributed by atoms with Crippen molar-refractivity contribution in [1.82, 2.24) is 5.32 Å². The zero-order valence-electron chi connectivity index (χ0n) is 13.6. The van der Waals surface area contributed by atoms with E-state index in [1.165, 1.54) is 6.08 Å². The number of nitrogens with one attached hydrogen (secondary N) is 1. The maximum Gasteiger partial charge on any atom is 0.331 e. The Morgan fingerprint density at radius 1 is 1.25 bits per heavy atom. The summed E-state index contributed by atoms with van der Waals surface area (Å²) < 4.78 is 16.3. The highest BCUT2D eigenvalue weighted by Gasteiger charge is 2.26. The molecule has 0 radical (unpaired) electrons. The molecule has 0 unspecified atom stereocenters. The number of carbonyl (C=O) groups is 2. The highest BCUT2D eigenvalue weighted by Crippen LogP contribution is 2.30. The lowest BCUT2D eigenvalue weighted by Gasteiger charge is -2.11. The largest absolute Gasteiger partial charge is 0.490 e. The molecule has 1 amide bonds. The van der Waals surface area contributed by atoms with E-state index >= 15 is 0 Å². The summed E-state index contributed by atoms with van der Waals surface area (Å²) in [4.78, 5) is 23.6. The minimum Gasteiger partial charge on any atom is -0.490 e. The van der Waals surface area contributed by atoms with Crippen molar-refractivity contribution in [3.05, 3.63) is 29.8 Å². The number of amides is 1. The lowest BCUT2D eigenvalue weighted by atomic mass is 10.2. The van der Waals surface area contributed by atoms with Gasteiger partial charge >= 0.3 is 5.97 Å². The van der Waals surface area contributed by atoms with Gasteiger partial charge in [-0.05, 0) is 43.5 Å². The number of hydrogen-bond acceptors (Lipinski definition) is 5. The van der Waals surface area contributed by atoms with Crippen LogP contribution in [0.15, 0.2) is 24.3 Å². The van der Waals surface area contributed by atoms with E-state index in [0.717, 1.165) is 24.8 Å². The molecular formula is C18H21NO5. The molecule has 1 aromatic carbocycles. The van der Waals surface area contributed by atoms with Gasteiger partial charge in [-0.15, -0.1) is 0 Å². The van der Waals surface area contributed by atoms with Crippen LogP contribution in [0, 0.1) is 0 Å². The van der Waals surface area contributed by atoms with E-state index in [2.05, 4.69) is 5.32 Å². The third kappa shape index (κ3) is 4.50. The lowest BCUT2D eigenvalue weighted by molar-refractivity contribution is -0.150. The molecule has 0 spiro atoms. The molecule has 6 heteroatoms. The van der Waals surface area contributed by atoms with Gasteiger partial charge in [-0.25, -0.2) is 4.79 Å². The highest BCUT2D eigenvalue weighted by atomic mass is 16.5. The van der Waals surface area contributed by atoms with Gasteiger partial charge in [-0.1, -0.05) is 6.07 Å². The monoisotopic (exact) mass is 331 g/mol. The molecule has 0 bridgehead atoms. The highest BCUT2D eigenvalue weighted by molar-refractivity contribution is 5.90. The molecule has 1 aliphatic heterocycles. The summed E-state index contributed by atoms with van der Waals surface area (Å²) in [5.74, 6) is 0.563. The number of esters is 1. The molecule has 0 aromatic heterocycles. The number of benzene rings is 1. The smallest absolute Gasteiger partial charge is 0.331 e. The van der Waals surface area contributed by atoms with E-state index in [1.54, 1.807) is 13.0 Å². The van der Waals surface area contributed by atoms with Gasteiger partial charge in [0.05, 0.1) is 13.2 Å². The Labute approximate surface area is 140 Å². The molecule has 24 heavy (non-hydrogen) atoms.